The van der Waals surface area contributed by atoms with Crippen molar-refractivity contribution in [2.75, 3.05) is 0 Å². The van der Waals surface area contributed by atoms with Crippen molar-refractivity contribution in [2.45, 2.75) is 99.8 Å². The second-order valence-electron chi connectivity index (χ2n) is 13.8. The Balaban J connectivity index is 0.000000286. The molecule has 5 rings (SSSR count). The van der Waals surface area contributed by atoms with Gasteiger partial charge in [0.1, 0.15) is 6.33 Å². The number of aliphatic hydroxyl groups excluding tert-OH is 1. The van der Waals surface area contributed by atoms with E-state index in [1.807, 2.05) is 27.7 Å². The van der Waals surface area contributed by atoms with Crippen molar-refractivity contribution in [3.05, 3.63) is 83.4 Å². The average Bonchev–Trinajstić information content (AvgIpc) is 2.96. The molecule has 0 spiro atoms. The molecule has 1 aliphatic rings. The van der Waals surface area contributed by atoms with E-state index in [0.717, 1.165) is 54.3 Å². The molecule has 0 amide bonds. The largest absolute Gasteiger partial charge is 0.512 e. The number of fused-ring (bicyclic) bond motifs is 3. The van der Waals surface area contributed by atoms with Gasteiger partial charge in [0.2, 0.25) is 0 Å². The molecule has 0 fully saturated rings. The van der Waals surface area contributed by atoms with Gasteiger partial charge in [-0.25, -0.2) is 4.98 Å². The van der Waals surface area contributed by atoms with Crippen LogP contribution in [0.2, 0.25) is 0 Å². The smallest absolute Gasteiger partial charge is 0.162 e. The van der Waals surface area contributed by atoms with Crippen molar-refractivity contribution in [1.82, 2.24) is 9.97 Å². The monoisotopic (exact) mass is 770 g/mol. The molecule has 1 heterocycles. The first-order chi connectivity index (χ1) is 20.3. The van der Waals surface area contributed by atoms with E-state index in [2.05, 4.69) is 88.1 Å². The summed E-state index contributed by atoms with van der Waals surface area (Å²) in [5.41, 5.74) is 7.26. The van der Waals surface area contributed by atoms with Crippen molar-refractivity contribution in [3.63, 3.8) is 0 Å². The van der Waals surface area contributed by atoms with Gasteiger partial charge in [0.25, 0.3) is 0 Å². The molecule has 0 atom stereocenters. The van der Waals surface area contributed by atoms with Crippen molar-refractivity contribution < 1.29 is 30.0 Å². The summed E-state index contributed by atoms with van der Waals surface area (Å²) < 4.78 is 0. The van der Waals surface area contributed by atoms with E-state index in [4.69, 9.17) is 4.98 Å². The van der Waals surface area contributed by atoms with Crippen molar-refractivity contribution in [1.29, 1.82) is 0 Å². The Morgan fingerprint density at radius 1 is 0.932 bits per heavy atom. The molecule has 0 saturated carbocycles. The van der Waals surface area contributed by atoms with Crippen molar-refractivity contribution >= 4 is 27.5 Å². The van der Waals surface area contributed by atoms with Gasteiger partial charge in [0, 0.05) is 43.7 Å². The molecule has 0 bridgehead atoms. The van der Waals surface area contributed by atoms with E-state index < -0.39 is 0 Å². The summed E-state index contributed by atoms with van der Waals surface area (Å²) in [6.07, 6.45) is 7.64. The zero-order valence-electron chi connectivity index (χ0n) is 28.0. The number of hydrogen-bond acceptors (Lipinski definition) is 4. The molecule has 44 heavy (non-hydrogen) atoms. The van der Waals surface area contributed by atoms with Crippen LogP contribution in [0.1, 0.15) is 105 Å². The minimum atomic E-state index is -0.125. The van der Waals surface area contributed by atoms with Gasteiger partial charge in [-0.15, -0.1) is 23.6 Å². The number of aliphatic hydroxyl groups is 1. The summed E-state index contributed by atoms with van der Waals surface area (Å²) in [5, 5.41) is 13.3. The van der Waals surface area contributed by atoms with Crippen LogP contribution >= 0.6 is 0 Å². The molecule has 1 N–H and O–H groups in total. The normalized spacial score (nSPS) is 13.8. The van der Waals surface area contributed by atoms with E-state index in [0.29, 0.717) is 0 Å². The molecule has 237 valence electrons. The second-order valence-corrected chi connectivity index (χ2v) is 13.8. The zero-order valence-corrected chi connectivity index (χ0v) is 30.4. The van der Waals surface area contributed by atoms with E-state index in [-0.39, 0.29) is 54.3 Å². The number of benzene rings is 3. The fraction of sp³-hybridized carbons (Fsp3) is 0.462. The molecule has 5 heteroatoms. The summed E-state index contributed by atoms with van der Waals surface area (Å²) in [4.78, 5) is 21.1. The Hall–Kier alpha value is -2.88. The van der Waals surface area contributed by atoms with Gasteiger partial charge < -0.3 is 5.11 Å². The van der Waals surface area contributed by atoms with Crippen LogP contribution in [0.25, 0.3) is 32.9 Å². The van der Waals surface area contributed by atoms with Gasteiger partial charge in [-0.05, 0) is 65.5 Å². The SMILES string of the molecule is CC(C)(C)Cc1cc2c3c(ncnc3c1)-c1[c-]c3ccccc3cc1C2(C)C.CCC(CC)C(=O)/C=C(\O)C(CC)CC.[Ir]. The van der Waals surface area contributed by atoms with Gasteiger partial charge in [-0.3, -0.25) is 9.78 Å². The third-order valence-corrected chi connectivity index (χ3v) is 8.99. The average molecular weight is 770 g/mol. The fourth-order valence-corrected chi connectivity index (χ4v) is 6.42. The van der Waals surface area contributed by atoms with Gasteiger partial charge in [0.15, 0.2) is 5.78 Å². The molecular weight excluding hydrogens is 721 g/mol. The first kappa shape index (κ1) is 35.6. The van der Waals surface area contributed by atoms with Gasteiger partial charge in [0.05, 0.1) is 11.3 Å². The summed E-state index contributed by atoms with van der Waals surface area (Å²) in [6, 6.07) is 19.1. The third kappa shape index (κ3) is 7.49. The number of carbonyl (C=O) groups excluding carboxylic acids is 1. The Morgan fingerprint density at radius 2 is 1.57 bits per heavy atom. The minimum Gasteiger partial charge on any atom is -0.512 e. The summed E-state index contributed by atoms with van der Waals surface area (Å²) in [6.45, 7) is 19.6. The van der Waals surface area contributed by atoms with E-state index in [1.54, 1.807) is 6.33 Å². The van der Waals surface area contributed by atoms with Gasteiger partial charge >= 0.3 is 0 Å². The number of rotatable bonds is 8. The number of carbonyl (C=O) groups is 1. The first-order valence-electron chi connectivity index (χ1n) is 16.0. The van der Waals surface area contributed by atoms with Gasteiger partial charge in [-0.1, -0.05) is 103 Å². The molecule has 3 aromatic carbocycles. The number of hydrogen-bond donors (Lipinski definition) is 1. The van der Waals surface area contributed by atoms with Crippen molar-refractivity contribution in [3.8, 4) is 11.3 Å². The predicted molar refractivity (Wildman–Crippen MR) is 180 cm³/mol. The Bertz CT molecular complexity index is 1640. The molecule has 1 aromatic heterocycles. The zero-order chi connectivity index (χ0) is 31.5. The predicted octanol–water partition coefficient (Wildman–Crippen LogP) is 10.3. The maximum atomic E-state index is 11.7. The standard InChI is InChI=1S/C26H25N2.C13H24O2.Ir/c1-25(2,3)14-16-10-21-23-22(11-16)27-15-28-24(23)19-12-17-8-6-7-9-18(17)13-20(19)26(21,4)5;1-5-10(6-2)12(14)9-13(15)11(7-3)8-4;/h6-11,13,15H,14H2,1-5H3;9-11,14H,5-8H2,1-4H3;/q-1;;/b;12-9-;. The summed E-state index contributed by atoms with van der Waals surface area (Å²) >= 11 is 0. The third-order valence-electron chi connectivity index (χ3n) is 8.99. The van der Waals surface area contributed by atoms with Crippen LogP contribution in [0.4, 0.5) is 0 Å². The van der Waals surface area contributed by atoms with Crippen LogP contribution in [0.5, 0.6) is 0 Å². The Labute approximate surface area is 278 Å². The van der Waals surface area contributed by atoms with Gasteiger partial charge in [-0.2, -0.15) is 0 Å². The van der Waals surface area contributed by atoms with Crippen LogP contribution in [0, 0.1) is 23.3 Å². The molecule has 1 radical (unpaired) electrons. The maximum Gasteiger partial charge on any atom is 0.162 e. The number of aromatic nitrogens is 2. The van der Waals surface area contributed by atoms with Crippen LogP contribution in [0.15, 0.2) is 60.6 Å². The molecule has 4 aromatic rings. The molecule has 4 nitrogen and oxygen atoms in total. The first-order valence-corrected chi connectivity index (χ1v) is 16.0. The summed E-state index contributed by atoms with van der Waals surface area (Å²) in [7, 11) is 0. The van der Waals surface area contributed by atoms with E-state index >= 15 is 0 Å². The molecule has 0 saturated heterocycles. The Kier molecular flexibility index (Phi) is 11.7. The number of nitrogens with zero attached hydrogens (tertiary/aromatic N) is 2. The molecule has 1 aliphatic carbocycles. The Morgan fingerprint density at radius 3 is 2.18 bits per heavy atom. The van der Waals surface area contributed by atoms with Crippen molar-refractivity contribution in [2.24, 2.45) is 17.3 Å². The fourth-order valence-electron chi connectivity index (χ4n) is 6.42. The second kappa shape index (κ2) is 14.5. The molecule has 0 aliphatic heterocycles. The van der Waals surface area contributed by atoms with Crippen LogP contribution in [0.3, 0.4) is 0 Å². The summed E-state index contributed by atoms with van der Waals surface area (Å²) in [5.74, 6) is 0.547. The number of allylic oxidation sites excluding steroid dienone is 2. The van der Waals surface area contributed by atoms with Crippen LogP contribution in [-0.4, -0.2) is 20.9 Å². The van der Waals surface area contributed by atoms with E-state index in [1.165, 1.54) is 33.5 Å². The number of ketones is 1. The molecular formula is C39H49IrN2O2-. The quantitative estimate of drug-likeness (QED) is 0.110. The maximum absolute atomic E-state index is 11.7. The van der Waals surface area contributed by atoms with Crippen LogP contribution in [-0.2, 0) is 36.7 Å². The van der Waals surface area contributed by atoms with Crippen LogP contribution < -0.4 is 0 Å². The minimum absolute atomic E-state index is 0. The molecule has 0 unspecified atom stereocenters. The topological polar surface area (TPSA) is 63.1 Å². The van der Waals surface area contributed by atoms with E-state index in [9.17, 15) is 9.90 Å².